The van der Waals surface area contributed by atoms with Crippen molar-refractivity contribution in [2.24, 2.45) is 0 Å². The highest BCUT2D eigenvalue weighted by Gasteiger charge is 2.44. The van der Waals surface area contributed by atoms with Crippen molar-refractivity contribution in [1.29, 1.82) is 0 Å². The van der Waals surface area contributed by atoms with Crippen molar-refractivity contribution >= 4 is 17.4 Å². The summed E-state index contributed by atoms with van der Waals surface area (Å²) < 4.78 is 17.0. The number of likely N-dealkylation sites (tertiary alicyclic amines) is 1. The monoisotopic (exact) mass is 524 g/mol. The zero-order valence-corrected chi connectivity index (χ0v) is 23.4. The number of unbranched alkanes of at least 4 members (excludes halogenated alkanes) is 1. The molecule has 0 radical (unpaired) electrons. The first-order chi connectivity index (χ1) is 18.2. The molecule has 3 rings (SSSR count). The summed E-state index contributed by atoms with van der Waals surface area (Å²) in [5, 5.41) is 13.8. The summed E-state index contributed by atoms with van der Waals surface area (Å²) in [6.45, 7) is 8.08. The molecule has 0 bridgehead atoms. The number of aryl methyl sites for hydroxylation is 1. The molecule has 0 aromatic heterocycles. The number of ether oxygens (including phenoxy) is 3. The van der Waals surface area contributed by atoms with Crippen LogP contribution >= 0.6 is 0 Å². The van der Waals surface area contributed by atoms with E-state index in [9.17, 15) is 14.7 Å². The number of rotatable bonds is 13. The first-order valence-corrected chi connectivity index (χ1v) is 13.3. The predicted octanol–water partition coefficient (Wildman–Crippen LogP) is 2.34. The second kappa shape index (κ2) is 13.3. The van der Waals surface area contributed by atoms with Crippen LogP contribution in [0.3, 0.4) is 0 Å². The number of quaternary nitrogens is 1. The molecule has 206 valence electrons. The average Bonchev–Trinajstić information content (AvgIpc) is 3.14. The summed E-state index contributed by atoms with van der Waals surface area (Å²) in [6, 6.07) is 9.61. The van der Waals surface area contributed by atoms with Crippen LogP contribution in [0, 0.1) is 6.92 Å². The lowest BCUT2D eigenvalue weighted by Gasteiger charge is -2.28. The highest BCUT2D eigenvalue weighted by Crippen LogP contribution is 2.41. The molecular weight excluding hydrogens is 484 g/mol. The highest BCUT2D eigenvalue weighted by molar-refractivity contribution is 6.46. The zero-order chi connectivity index (χ0) is 27.8. The Hall–Kier alpha value is -3.52. The third-order valence-corrected chi connectivity index (χ3v) is 6.60. The molecule has 8 nitrogen and oxygen atoms in total. The molecule has 1 N–H and O–H groups in total. The molecule has 1 amide bonds. The number of carbonyl (C=O) groups is 2. The minimum atomic E-state index is -0.815. The second-order valence-corrected chi connectivity index (χ2v) is 9.81. The number of Topliss-reactive ketones (excluding diaryl/α,β-unsaturated/α-hetero) is 1. The van der Waals surface area contributed by atoms with Crippen molar-refractivity contribution in [1.82, 2.24) is 4.90 Å². The topological polar surface area (TPSA) is 92.6 Å². The van der Waals surface area contributed by atoms with Crippen molar-refractivity contribution < 1.29 is 33.8 Å². The zero-order valence-electron chi connectivity index (χ0n) is 23.4. The normalized spacial score (nSPS) is 16.8. The number of hydrogen-bond donors (Lipinski definition) is 1. The molecular formula is C30H40N2O6. The van der Waals surface area contributed by atoms with Gasteiger partial charge in [0.05, 0.1) is 47.0 Å². The van der Waals surface area contributed by atoms with E-state index >= 15 is 0 Å². The lowest BCUT2D eigenvalue weighted by Crippen LogP contribution is -3.05. The van der Waals surface area contributed by atoms with Gasteiger partial charge in [-0.05, 0) is 61.2 Å². The fourth-order valence-corrected chi connectivity index (χ4v) is 4.61. The molecule has 0 saturated carbocycles. The minimum absolute atomic E-state index is 0.0440. The maximum atomic E-state index is 13.8. The third-order valence-electron chi connectivity index (χ3n) is 6.60. The van der Waals surface area contributed by atoms with Crippen LogP contribution in [-0.4, -0.2) is 64.1 Å². The van der Waals surface area contributed by atoms with Crippen LogP contribution in [-0.2, 0) is 9.59 Å². The fourth-order valence-electron chi connectivity index (χ4n) is 4.61. The summed E-state index contributed by atoms with van der Waals surface area (Å²) in [6.07, 6.45) is 2.65. The van der Waals surface area contributed by atoms with Crippen LogP contribution < -0.4 is 24.2 Å². The van der Waals surface area contributed by atoms with E-state index in [-0.39, 0.29) is 5.57 Å². The molecule has 1 aliphatic rings. The summed E-state index contributed by atoms with van der Waals surface area (Å²) in [5.41, 5.74) is 1.73. The number of carbonyl (C=O) groups excluding carboxylic acids is 2. The number of methoxy groups -OCH3 is 1. The molecule has 1 heterocycles. The summed E-state index contributed by atoms with van der Waals surface area (Å²) in [5.74, 6) is -0.133. The van der Waals surface area contributed by atoms with E-state index in [0.717, 1.165) is 24.9 Å². The van der Waals surface area contributed by atoms with Gasteiger partial charge in [-0.3, -0.25) is 9.59 Å². The Morgan fingerprint density at radius 2 is 1.74 bits per heavy atom. The Kier molecular flexibility index (Phi) is 10.2. The van der Waals surface area contributed by atoms with Crippen LogP contribution in [0.1, 0.15) is 55.8 Å². The van der Waals surface area contributed by atoms with E-state index in [1.165, 1.54) is 16.9 Å². The van der Waals surface area contributed by atoms with Gasteiger partial charge in [0.2, 0.25) is 5.78 Å². The molecule has 8 heteroatoms. The van der Waals surface area contributed by atoms with E-state index < -0.39 is 23.5 Å². The Morgan fingerprint density at radius 1 is 1.00 bits per heavy atom. The van der Waals surface area contributed by atoms with Crippen LogP contribution in [0.4, 0.5) is 0 Å². The average molecular weight is 525 g/mol. The van der Waals surface area contributed by atoms with Crippen molar-refractivity contribution in [2.75, 3.05) is 47.5 Å². The van der Waals surface area contributed by atoms with E-state index in [4.69, 9.17) is 14.2 Å². The minimum Gasteiger partial charge on any atom is -0.872 e. The van der Waals surface area contributed by atoms with Crippen LogP contribution in [0.25, 0.3) is 5.76 Å². The van der Waals surface area contributed by atoms with Crippen LogP contribution in [0.2, 0.25) is 0 Å². The molecule has 38 heavy (non-hydrogen) atoms. The van der Waals surface area contributed by atoms with Crippen molar-refractivity contribution in [2.45, 2.75) is 46.1 Å². The Bertz CT molecular complexity index is 1170. The van der Waals surface area contributed by atoms with Crippen molar-refractivity contribution in [3.8, 4) is 17.2 Å². The van der Waals surface area contributed by atoms with E-state index in [0.29, 0.717) is 54.6 Å². The predicted molar refractivity (Wildman–Crippen MR) is 144 cm³/mol. The highest BCUT2D eigenvalue weighted by atomic mass is 16.5. The largest absolute Gasteiger partial charge is 0.872 e. The van der Waals surface area contributed by atoms with Gasteiger partial charge in [-0.2, -0.15) is 0 Å². The molecule has 1 atom stereocenters. The van der Waals surface area contributed by atoms with E-state index in [1.54, 1.807) is 36.4 Å². The van der Waals surface area contributed by atoms with E-state index in [1.807, 2.05) is 27.9 Å². The van der Waals surface area contributed by atoms with Gasteiger partial charge in [0.1, 0.15) is 5.75 Å². The SMILES string of the molecule is CCCCOc1ccc(/C([O-])=C2\C(=O)C(=O)N(CCC[NH+](C)C)C2c2ccc(OCC)c(OC)c2)cc1C. The van der Waals surface area contributed by atoms with Gasteiger partial charge in [-0.1, -0.05) is 31.2 Å². The summed E-state index contributed by atoms with van der Waals surface area (Å²) >= 11 is 0. The molecule has 1 saturated heterocycles. The van der Waals surface area contributed by atoms with Gasteiger partial charge in [0.15, 0.2) is 11.5 Å². The summed E-state index contributed by atoms with van der Waals surface area (Å²) in [7, 11) is 5.60. The molecule has 0 spiro atoms. The van der Waals surface area contributed by atoms with Crippen molar-refractivity contribution in [3.05, 3.63) is 58.7 Å². The standard InChI is InChI=1S/C30H40N2O6/c1-7-9-17-38-23-13-12-22(18-20(23)3)28(33)26-27(21-11-14-24(37-8-2)25(19-21)36-6)32(30(35)29(26)34)16-10-15-31(4)5/h11-14,18-19,27,33H,7-10,15-17H2,1-6H3/b28-26+. The maximum absolute atomic E-state index is 13.8. The van der Waals surface area contributed by atoms with Gasteiger partial charge in [0, 0.05) is 18.5 Å². The van der Waals surface area contributed by atoms with Gasteiger partial charge < -0.3 is 29.1 Å². The number of amides is 1. The first kappa shape index (κ1) is 29.0. The fraction of sp³-hybridized carbons (Fsp3) is 0.467. The Morgan fingerprint density at radius 3 is 2.37 bits per heavy atom. The second-order valence-electron chi connectivity index (χ2n) is 9.81. The molecule has 2 aromatic rings. The Balaban J connectivity index is 2.09. The summed E-state index contributed by atoms with van der Waals surface area (Å²) in [4.78, 5) is 29.3. The number of benzene rings is 2. The molecule has 0 aliphatic carbocycles. The molecule has 2 aromatic carbocycles. The van der Waals surface area contributed by atoms with Gasteiger partial charge in [0.25, 0.3) is 5.91 Å². The van der Waals surface area contributed by atoms with Gasteiger partial charge in [-0.25, -0.2) is 0 Å². The van der Waals surface area contributed by atoms with Crippen LogP contribution in [0.15, 0.2) is 42.0 Å². The Labute approximate surface area is 225 Å². The lowest BCUT2D eigenvalue weighted by molar-refractivity contribution is -0.858. The smallest absolute Gasteiger partial charge is 0.295 e. The molecule has 1 aliphatic heterocycles. The van der Waals surface area contributed by atoms with Crippen LogP contribution in [0.5, 0.6) is 17.2 Å². The number of nitrogens with zero attached hydrogens (tertiary/aromatic N) is 1. The van der Waals surface area contributed by atoms with Gasteiger partial charge >= 0.3 is 0 Å². The number of ketones is 1. The van der Waals surface area contributed by atoms with Gasteiger partial charge in [-0.15, -0.1) is 0 Å². The number of hydrogen-bond acceptors (Lipinski definition) is 6. The van der Waals surface area contributed by atoms with Crippen molar-refractivity contribution in [3.63, 3.8) is 0 Å². The molecule has 1 fully saturated rings. The molecule has 1 unspecified atom stereocenters. The van der Waals surface area contributed by atoms with E-state index in [2.05, 4.69) is 6.92 Å². The number of nitrogens with one attached hydrogen (secondary N) is 1. The third kappa shape index (κ3) is 6.48. The maximum Gasteiger partial charge on any atom is 0.295 e. The first-order valence-electron chi connectivity index (χ1n) is 13.3. The quantitative estimate of drug-likeness (QED) is 0.187. The lowest BCUT2D eigenvalue weighted by atomic mass is 9.94.